The zero-order valence-electron chi connectivity index (χ0n) is 13.7. The van der Waals surface area contributed by atoms with Crippen LogP contribution in [0.5, 0.6) is 0 Å². The van der Waals surface area contributed by atoms with Crippen molar-refractivity contribution in [1.82, 2.24) is 15.7 Å². The summed E-state index contributed by atoms with van der Waals surface area (Å²) in [5, 5.41) is 7.17. The first-order chi connectivity index (χ1) is 10.9. The second-order valence-corrected chi connectivity index (χ2v) is 9.17. The number of benzene rings is 1. The van der Waals surface area contributed by atoms with E-state index in [9.17, 15) is 0 Å². The molecular formula is C17H22N4S2. The van der Waals surface area contributed by atoms with Crippen LogP contribution in [0.1, 0.15) is 40.0 Å². The third-order valence-electron chi connectivity index (χ3n) is 4.73. The number of hydrogen-bond donors (Lipinski definition) is 2. The fourth-order valence-electron chi connectivity index (χ4n) is 4.40. The van der Waals surface area contributed by atoms with E-state index in [1.54, 1.807) is 11.3 Å². The minimum absolute atomic E-state index is 0.143. The highest BCUT2D eigenvalue weighted by molar-refractivity contribution is 7.80. The van der Waals surface area contributed by atoms with E-state index in [1.165, 1.54) is 11.1 Å². The normalized spacial score (nSPS) is 30.1. The number of fused-ring (bicyclic) bond motifs is 1. The number of anilines is 1. The zero-order chi connectivity index (χ0) is 16.2. The van der Waals surface area contributed by atoms with E-state index in [-0.39, 0.29) is 5.66 Å². The van der Waals surface area contributed by atoms with Gasteiger partial charge >= 0.3 is 0 Å². The van der Waals surface area contributed by atoms with Gasteiger partial charge in [-0.05, 0) is 54.9 Å². The molecule has 0 unspecified atom stereocenters. The molecule has 2 aliphatic rings. The van der Waals surface area contributed by atoms with Gasteiger partial charge < -0.3 is 5.32 Å². The quantitative estimate of drug-likeness (QED) is 0.763. The minimum Gasteiger partial charge on any atom is -0.342 e. The molecule has 1 spiro atoms. The lowest BCUT2D eigenvalue weighted by molar-refractivity contribution is 0.0828. The number of nitrogens with one attached hydrogen (secondary N) is 2. The highest BCUT2D eigenvalue weighted by Crippen LogP contribution is 2.44. The Bertz CT molecular complexity index is 736. The number of para-hydroxylation sites is 1. The van der Waals surface area contributed by atoms with Gasteiger partial charge in [-0.15, -0.1) is 0 Å². The van der Waals surface area contributed by atoms with Crippen molar-refractivity contribution < 1.29 is 0 Å². The van der Waals surface area contributed by atoms with Crippen LogP contribution in [0.4, 0.5) is 5.13 Å². The highest BCUT2D eigenvalue weighted by atomic mass is 32.1. The van der Waals surface area contributed by atoms with Crippen molar-refractivity contribution >= 4 is 44.0 Å². The van der Waals surface area contributed by atoms with Crippen LogP contribution in [0.25, 0.3) is 10.2 Å². The number of thiazole rings is 1. The minimum atomic E-state index is -0.143. The van der Waals surface area contributed by atoms with E-state index in [0.717, 1.165) is 28.6 Å². The predicted molar refractivity (Wildman–Crippen MR) is 100 cm³/mol. The molecule has 2 aromatic rings. The van der Waals surface area contributed by atoms with Gasteiger partial charge in [-0.1, -0.05) is 44.2 Å². The van der Waals surface area contributed by atoms with E-state index in [2.05, 4.69) is 37.6 Å². The van der Waals surface area contributed by atoms with Gasteiger partial charge in [0.15, 0.2) is 5.11 Å². The molecule has 4 rings (SSSR count). The summed E-state index contributed by atoms with van der Waals surface area (Å²) in [4.78, 5) is 4.73. The second-order valence-electron chi connectivity index (χ2n) is 7.78. The number of rotatable bonds is 1. The Morgan fingerprint density at radius 1 is 1.30 bits per heavy atom. The molecule has 4 nitrogen and oxygen atoms in total. The lowest BCUT2D eigenvalue weighted by atomic mass is 9.68. The largest absolute Gasteiger partial charge is 0.342 e. The molecule has 1 aliphatic heterocycles. The average Bonchev–Trinajstić information content (AvgIpc) is 2.97. The molecular weight excluding hydrogens is 324 g/mol. The van der Waals surface area contributed by atoms with Crippen molar-refractivity contribution in [3.8, 4) is 0 Å². The molecule has 1 saturated heterocycles. The smallest absolute Gasteiger partial charge is 0.207 e. The molecule has 2 fully saturated rings. The van der Waals surface area contributed by atoms with Gasteiger partial charge in [0.25, 0.3) is 0 Å². The van der Waals surface area contributed by atoms with Gasteiger partial charge in [0.1, 0.15) is 5.66 Å². The number of thiocarbonyl (C=S) groups is 1. The highest BCUT2D eigenvalue weighted by Gasteiger charge is 2.49. The fraction of sp³-hybridized carbons (Fsp3) is 0.529. The van der Waals surface area contributed by atoms with Crippen molar-refractivity contribution in [2.75, 3.05) is 5.01 Å². The maximum atomic E-state index is 5.61. The number of hydrogen-bond acceptors (Lipinski definition) is 4. The van der Waals surface area contributed by atoms with E-state index in [0.29, 0.717) is 11.3 Å². The molecule has 6 heteroatoms. The fourth-order valence-corrected chi connectivity index (χ4v) is 5.71. The third kappa shape index (κ3) is 2.73. The van der Waals surface area contributed by atoms with E-state index in [4.69, 9.17) is 17.2 Å². The SMILES string of the molecule is C[C@@H]1CC(C)(C)C[C@@]2(C1)NC(=S)N(c1nc3ccccc3s1)N2. The standard InChI is InChI=1S/C17H22N4S2/c1-11-8-16(2,3)10-17(9-11)19-14(22)21(20-17)15-18-12-6-4-5-7-13(12)23-15/h4-7,11,20H,8-10H2,1-3H3,(H,19,22)/t11-,17+/m1/s1. The molecule has 0 radical (unpaired) electrons. The summed E-state index contributed by atoms with van der Waals surface area (Å²) in [6.07, 6.45) is 3.40. The van der Waals surface area contributed by atoms with Crippen LogP contribution in [-0.4, -0.2) is 15.8 Å². The third-order valence-corrected chi connectivity index (χ3v) is 6.03. The lowest BCUT2D eigenvalue weighted by Crippen LogP contribution is -2.57. The van der Waals surface area contributed by atoms with Crippen LogP contribution in [-0.2, 0) is 0 Å². The van der Waals surface area contributed by atoms with Crippen molar-refractivity contribution in [3.05, 3.63) is 24.3 Å². The zero-order valence-corrected chi connectivity index (χ0v) is 15.4. The van der Waals surface area contributed by atoms with Crippen LogP contribution in [0.15, 0.2) is 24.3 Å². The van der Waals surface area contributed by atoms with E-state index in [1.807, 2.05) is 23.2 Å². The Balaban J connectivity index is 1.65. The first kappa shape index (κ1) is 15.3. The molecule has 1 saturated carbocycles. The maximum Gasteiger partial charge on any atom is 0.207 e. The molecule has 23 heavy (non-hydrogen) atoms. The summed E-state index contributed by atoms with van der Waals surface area (Å²) in [6.45, 7) is 7.02. The maximum absolute atomic E-state index is 5.61. The molecule has 1 aliphatic carbocycles. The molecule has 2 heterocycles. The second kappa shape index (κ2) is 5.13. The predicted octanol–water partition coefficient (Wildman–Crippen LogP) is 4.04. The van der Waals surface area contributed by atoms with E-state index < -0.39 is 0 Å². The molecule has 122 valence electrons. The van der Waals surface area contributed by atoms with Gasteiger partial charge in [0.2, 0.25) is 5.13 Å². The summed E-state index contributed by atoms with van der Waals surface area (Å²) in [6, 6.07) is 8.21. The monoisotopic (exact) mass is 346 g/mol. The first-order valence-corrected chi connectivity index (χ1v) is 9.34. The van der Waals surface area contributed by atoms with Gasteiger partial charge in [-0.25, -0.2) is 15.4 Å². The number of nitrogens with zero attached hydrogens (tertiary/aromatic N) is 2. The average molecular weight is 347 g/mol. The lowest BCUT2D eigenvalue weighted by Gasteiger charge is -2.45. The Kier molecular flexibility index (Phi) is 3.41. The van der Waals surface area contributed by atoms with Gasteiger partial charge in [0.05, 0.1) is 10.2 Å². The summed E-state index contributed by atoms with van der Waals surface area (Å²) in [5.41, 5.74) is 4.83. The summed E-state index contributed by atoms with van der Waals surface area (Å²) in [5.74, 6) is 0.664. The Labute approximate surface area is 146 Å². The molecule has 1 aromatic carbocycles. The Hall–Kier alpha value is -1.24. The van der Waals surface area contributed by atoms with Crippen molar-refractivity contribution in [1.29, 1.82) is 0 Å². The topological polar surface area (TPSA) is 40.2 Å². The van der Waals surface area contributed by atoms with Gasteiger partial charge in [-0.2, -0.15) is 0 Å². The van der Waals surface area contributed by atoms with Crippen molar-refractivity contribution in [3.63, 3.8) is 0 Å². The molecule has 2 N–H and O–H groups in total. The summed E-state index contributed by atoms with van der Waals surface area (Å²) in [7, 11) is 0. The first-order valence-electron chi connectivity index (χ1n) is 8.12. The summed E-state index contributed by atoms with van der Waals surface area (Å²) < 4.78 is 1.19. The Morgan fingerprint density at radius 3 is 2.83 bits per heavy atom. The molecule has 2 atom stereocenters. The molecule has 0 amide bonds. The van der Waals surface area contributed by atoms with Crippen molar-refractivity contribution in [2.45, 2.75) is 45.7 Å². The van der Waals surface area contributed by atoms with E-state index >= 15 is 0 Å². The van der Waals surface area contributed by atoms with Gasteiger partial charge in [-0.3, -0.25) is 0 Å². The molecule has 0 bridgehead atoms. The van der Waals surface area contributed by atoms with Gasteiger partial charge in [0, 0.05) is 0 Å². The number of hydrazine groups is 1. The molecule has 1 aromatic heterocycles. The Morgan fingerprint density at radius 2 is 2.09 bits per heavy atom. The van der Waals surface area contributed by atoms with Crippen LogP contribution in [0.2, 0.25) is 0 Å². The van der Waals surface area contributed by atoms with Crippen molar-refractivity contribution in [2.24, 2.45) is 11.3 Å². The van der Waals surface area contributed by atoms with Crippen LogP contribution >= 0.6 is 23.6 Å². The van der Waals surface area contributed by atoms with Crippen LogP contribution < -0.4 is 15.8 Å². The summed E-state index contributed by atoms with van der Waals surface area (Å²) >= 11 is 7.28. The van der Waals surface area contributed by atoms with Crippen LogP contribution in [0.3, 0.4) is 0 Å². The number of aromatic nitrogens is 1. The van der Waals surface area contributed by atoms with Crippen LogP contribution in [0, 0.1) is 11.3 Å².